The molecular weight excluding hydrogens is 190 g/mol. The van der Waals surface area contributed by atoms with Gasteiger partial charge in [0.1, 0.15) is 0 Å². The van der Waals surface area contributed by atoms with Crippen molar-refractivity contribution < 1.29 is 9.90 Å². The van der Waals surface area contributed by atoms with Crippen molar-refractivity contribution in [1.29, 1.82) is 0 Å². The van der Waals surface area contributed by atoms with Gasteiger partial charge in [-0.25, -0.2) is 4.79 Å². The van der Waals surface area contributed by atoms with Crippen molar-refractivity contribution in [2.75, 3.05) is 0 Å². The first-order chi connectivity index (χ1) is 7.27. The van der Waals surface area contributed by atoms with Crippen LogP contribution in [0, 0.1) is 0 Å². The van der Waals surface area contributed by atoms with Crippen molar-refractivity contribution in [2.45, 2.75) is 25.7 Å². The maximum atomic E-state index is 10.8. The van der Waals surface area contributed by atoms with E-state index in [0.717, 1.165) is 18.4 Å². The standard InChI is InChI=1S/C12H13NO2/c14-12(15)11-6-10(7-13-8-11)9-4-2-1-3-5-9/h4,6-8H,1-3,5H2,(H,14,15). The van der Waals surface area contributed by atoms with Crippen LogP contribution in [0.5, 0.6) is 0 Å². The molecule has 1 aliphatic rings. The minimum Gasteiger partial charge on any atom is -0.478 e. The third kappa shape index (κ3) is 2.24. The lowest BCUT2D eigenvalue weighted by atomic mass is 9.94. The fraction of sp³-hybridized carbons (Fsp3) is 0.333. The normalized spacial score (nSPS) is 15.9. The van der Waals surface area contributed by atoms with Crippen LogP contribution in [-0.2, 0) is 0 Å². The number of pyridine rings is 1. The molecule has 0 atom stereocenters. The third-order valence-corrected chi connectivity index (χ3v) is 2.65. The molecule has 0 saturated heterocycles. The largest absolute Gasteiger partial charge is 0.478 e. The van der Waals surface area contributed by atoms with Gasteiger partial charge in [-0.3, -0.25) is 4.98 Å². The molecule has 3 nitrogen and oxygen atoms in total. The van der Waals surface area contributed by atoms with Crippen LogP contribution >= 0.6 is 0 Å². The van der Waals surface area contributed by atoms with Crippen molar-refractivity contribution in [3.8, 4) is 0 Å². The molecule has 1 heterocycles. The maximum Gasteiger partial charge on any atom is 0.337 e. The molecule has 0 saturated carbocycles. The van der Waals surface area contributed by atoms with E-state index >= 15 is 0 Å². The fourth-order valence-electron chi connectivity index (χ4n) is 1.83. The topological polar surface area (TPSA) is 50.2 Å². The summed E-state index contributed by atoms with van der Waals surface area (Å²) in [7, 11) is 0. The van der Waals surface area contributed by atoms with E-state index in [4.69, 9.17) is 5.11 Å². The number of allylic oxidation sites excluding steroid dienone is 2. The molecular formula is C12H13NO2. The van der Waals surface area contributed by atoms with E-state index < -0.39 is 5.97 Å². The molecule has 3 heteroatoms. The molecule has 0 radical (unpaired) electrons. The summed E-state index contributed by atoms with van der Waals surface area (Å²) in [5.41, 5.74) is 2.45. The predicted molar refractivity (Wildman–Crippen MR) is 57.6 cm³/mol. The number of carbonyl (C=O) groups is 1. The second kappa shape index (κ2) is 4.26. The monoisotopic (exact) mass is 203 g/mol. The lowest BCUT2D eigenvalue weighted by Gasteiger charge is -2.12. The smallest absolute Gasteiger partial charge is 0.337 e. The van der Waals surface area contributed by atoms with Crippen molar-refractivity contribution in [1.82, 2.24) is 4.98 Å². The molecule has 1 aliphatic carbocycles. The van der Waals surface area contributed by atoms with Crippen LogP contribution in [0.2, 0.25) is 0 Å². The van der Waals surface area contributed by atoms with E-state index in [0.29, 0.717) is 0 Å². The maximum absolute atomic E-state index is 10.8. The molecule has 0 unspecified atom stereocenters. The van der Waals surface area contributed by atoms with Crippen LogP contribution in [0.4, 0.5) is 0 Å². The van der Waals surface area contributed by atoms with Gasteiger partial charge < -0.3 is 5.11 Å². The average Bonchev–Trinajstić information content (AvgIpc) is 2.30. The lowest BCUT2D eigenvalue weighted by Crippen LogP contribution is -1.99. The Morgan fingerprint density at radius 2 is 2.20 bits per heavy atom. The number of nitrogens with zero attached hydrogens (tertiary/aromatic N) is 1. The Morgan fingerprint density at radius 1 is 1.33 bits per heavy atom. The second-order valence-electron chi connectivity index (χ2n) is 3.74. The summed E-state index contributed by atoms with van der Waals surface area (Å²) in [6, 6.07) is 1.70. The SMILES string of the molecule is O=C(O)c1cncc(C2=CCCCC2)c1. The minimum absolute atomic E-state index is 0.263. The molecule has 0 fully saturated rings. The molecule has 2 rings (SSSR count). The highest BCUT2D eigenvalue weighted by molar-refractivity contribution is 5.88. The van der Waals surface area contributed by atoms with E-state index in [1.165, 1.54) is 24.6 Å². The first-order valence-corrected chi connectivity index (χ1v) is 5.15. The van der Waals surface area contributed by atoms with E-state index in [1.54, 1.807) is 12.3 Å². The average molecular weight is 203 g/mol. The summed E-state index contributed by atoms with van der Waals surface area (Å²) in [5, 5.41) is 8.85. The van der Waals surface area contributed by atoms with Crippen LogP contribution in [0.15, 0.2) is 24.5 Å². The number of aromatic carboxylic acids is 1. The molecule has 0 aromatic carbocycles. The Hall–Kier alpha value is -1.64. The number of hydrogen-bond donors (Lipinski definition) is 1. The Labute approximate surface area is 88.5 Å². The third-order valence-electron chi connectivity index (χ3n) is 2.65. The first-order valence-electron chi connectivity index (χ1n) is 5.15. The second-order valence-corrected chi connectivity index (χ2v) is 3.74. The van der Waals surface area contributed by atoms with Gasteiger partial charge in [0.05, 0.1) is 5.56 Å². The zero-order valence-electron chi connectivity index (χ0n) is 8.44. The van der Waals surface area contributed by atoms with Crippen LogP contribution in [0.1, 0.15) is 41.6 Å². The van der Waals surface area contributed by atoms with Gasteiger partial charge in [0.25, 0.3) is 0 Å². The summed E-state index contributed by atoms with van der Waals surface area (Å²) in [6.07, 6.45) is 9.85. The van der Waals surface area contributed by atoms with Gasteiger partial charge in [0.2, 0.25) is 0 Å². The molecule has 1 N–H and O–H groups in total. The van der Waals surface area contributed by atoms with Crippen molar-refractivity contribution in [2.24, 2.45) is 0 Å². The van der Waals surface area contributed by atoms with E-state index in [9.17, 15) is 4.79 Å². The Morgan fingerprint density at radius 3 is 2.87 bits per heavy atom. The molecule has 78 valence electrons. The molecule has 0 aliphatic heterocycles. The summed E-state index contributed by atoms with van der Waals surface area (Å²) in [5.74, 6) is -0.916. The predicted octanol–water partition coefficient (Wildman–Crippen LogP) is 2.74. The van der Waals surface area contributed by atoms with Crippen molar-refractivity contribution in [3.05, 3.63) is 35.7 Å². The highest BCUT2D eigenvalue weighted by Crippen LogP contribution is 2.26. The van der Waals surface area contributed by atoms with Crippen molar-refractivity contribution in [3.63, 3.8) is 0 Å². The highest BCUT2D eigenvalue weighted by Gasteiger charge is 2.09. The Balaban J connectivity index is 2.31. The molecule has 0 amide bonds. The highest BCUT2D eigenvalue weighted by atomic mass is 16.4. The van der Waals surface area contributed by atoms with Crippen LogP contribution in [-0.4, -0.2) is 16.1 Å². The van der Waals surface area contributed by atoms with Gasteiger partial charge in [0.15, 0.2) is 0 Å². The van der Waals surface area contributed by atoms with Crippen LogP contribution in [0.25, 0.3) is 5.57 Å². The van der Waals surface area contributed by atoms with Crippen LogP contribution < -0.4 is 0 Å². The zero-order valence-corrected chi connectivity index (χ0v) is 8.44. The molecule has 1 aromatic heterocycles. The van der Waals surface area contributed by atoms with Gasteiger partial charge in [-0.1, -0.05) is 6.08 Å². The zero-order chi connectivity index (χ0) is 10.7. The molecule has 0 spiro atoms. The van der Waals surface area contributed by atoms with Gasteiger partial charge in [-0.15, -0.1) is 0 Å². The van der Waals surface area contributed by atoms with E-state index in [2.05, 4.69) is 11.1 Å². The summed E-state index contributed by atoms with van der Waals surface area (Å²) in [4.78, 5) is 14.7. The Kier molecular flexibility index (Phi) is 2.81. The van der Waals surface area contributed by atoms with Gasteiger partial charge >= 0.3 is 5.97 Å². The number of carboxylic acid groups (broad SMARTS) is 1. The summed E-state index contributed by atoms with van der Waals surface area (Å²) >= 11 is 0. The quantitative estimate of drug-likeness (QED) is 0.804. The lowest BCUT2D eigenvalue weighted by molar-refractivity contribution is 0.0696. The fourth-order valence-corrected chi connectivity index (χ4v) is 1.83. The van der Waals surface area contributed by atoms with Gasteiger partial charge in [-0.2, -0.15) is 0 Å². The van der Waals surface area contributed by atoms with Crippen molar-refractivity contribution >= 4 is 11.5 Å². The number of aromatic nitrogens is 1. The van der Waals surface area contributed by atoms with Crippen LogP contribution in [0.3, 0.4) is 0 Å². The number of rotatable bonds is 2. The molecule has 15 heavy (non-hydrogen) atoms. The van der Waals surface area contributed by atoms with Gasteiger partial charge in [-0.05, 0) is 42.9 Å². The number of hydrogen-bond acceptors (Lipinski definition) is 2. The number of carboxylic acids is 1. The van der Waals surface area contributed by atoms with E-state index in [-0.39, 0.29) is 5.56 Å². The Bertz CT molecular complexity index is 410. The molecule has 0 bridgehead atoms. The van der Waals surface area contributed by atoms with Gasteiger partial charge in [0, 0.05) is 12.4 Å². The summed E-state index contributed by atoms with van der Waals surface area (Å²) < 4.78 is 0. The summed E-state index contributed by atoms with van der Waals surface area (Å²) in [6.45, 7) is 0. The first kappa shape index (κ1) is 9.90. The van der Waals surface area contributed by atoms with E-state index in [1.807, 2.05) is 0 Å². The minimum atomic E-state index is -0.916. The molecule has 1 aromatic rings.